The number of carbonyl (C=O) groups excluding carboxylic acids is 3. The van der Waals surface area contributed by atoms with E-state index in [9.17, 15) is 14.4 Å². The largest absolute Gasteiger partial charge is 0.497 e. The molecule has 1 atom stereocenters. The lowest BCUT2D eigenvalue weighted by molar-refractivity contribution is -0.136. The predicted molar refractivity (Wildman–Crippen MR) is 148 cm³/mol. The van der Waals surface area contributed by atoms with Crippen LogP contribution in [0.2, 0.25) is 0 Å². The zero-order valence-corrected chi connectivity index (χ0v) is 22.0. The highest BCUT2D eigenvalue weighted by atomic mass is 16.5. The number of hydrogen-bond donors (Lipinski definition) is 2. The Kier molecular flexibility index (Phi) is 8.12. The molecular formula is C29H33N5O5. The number of nitrogens with zero attached hydrogens (tertiary/aromatic N) is 3. The van der Waals surface area contributed by atoms with Crippen LogP contribution in [0.15, 0.2) is 71.3 Å². The van der Waals surface area contributed by atoms with Crippen molar-refractivity contribution in [3.05, 3.63) is 72.7 Å². The zero-order chi connectivity index (χ0) is 27.2. The number of ether oxygens (including phenoxy) is 1. The summed E-state index contributed by atoms with van der Waals surface area (Å²) >= 11 is 0. The minimum absolute atomic E-state index is 0.0602. The fourth-order valence-electron chi connectivity index (χ4n) is 5.11. The Labute approximate surface area is 227 Å². The molecule has 0 spiro atoms. The summed E-state index contributed by atoms with van der Waals surface area (Å²) in [6.07, 6.45) is 2.94. The van der Waals surface area contributed by atoms with E-state index in [0.29, 0.717) is 24.3 Å². The molecular weight excluding hydrogens is 498 g/mol. The van der Waals surface area contributed by atoms with Crippen LogP contribution < -0.4 is 25.2 Å². The molecule has 0 radical (unpaired) electrons. The third kappa shape index (κ3) is 6.23. The fourth-order valence-corrected chi connectivity index (χ4v) is 5.11. The van der Waals surface area contributed by atoms with Crippen molar-refractivity contribution in [1.82, 2.24) is 10.2 Å². The van der Waals surface area contributed by atoms with Gasteiger partial charge in [0.1, 0.15) is 11.5 Å². The summed E-state index contributed by atoms with van der Waals surface area (Å²) < 4.78 is 11.0. The highest BCUT2D eigenvalue weighted by Gasteiger charge is 2.28. The number of hydrogen-bond acceptors (Lipinski definition) is 7. The van der Waals surface area contributed by atoms with E-state index in [1.54, 1.807) is 36.5 Å². The molecule has 2 saturated heterocycles. The second-order valence-corrected chi connectivity index (χ2v) is 9.62. The molecule has 0 bridgehead atoms. The van der Waals surface area contributed by atoms with Gasteiger partial charge in [-0.2, -0.15) is 0 Å². The normalized spacial score (nSPS) is 16.7. The highest BCUT2D eigenvalue weighted by Crippen LogP contribution is 2.26. The Hall–Kier alpha value is -4.31. The molecule has 0 aliphatic carbocycles. The third-order valence-corrected chi connectivity index (χ3v) is 7.22. The quantitative estimate of drug-likeness (QED) is 0.430. The monoisotopic (exact) mass is 531 g/mol. The van der Waals surface area contributed by atoms with Crippen LogP contribution in [0.5, 0.6) is 5.75 Å². The second-order valence-electron chi connectivity index (χ2n) is 9.62. The van der Waals surface area contributed by atoms with Gasteiger partial charge in [0.05, 0.1) is 19.4 Å². The average molecular weight is 532 g/mol. The van der Waals surface area contributed by atoms with Crippen molar-refractivity contribution in [2.45, 2.75) is 18.9 Å². The summed E-state index contributed by atoms with van der Waals surface area (Å²) in [5.41, 5.74) is 2.31. The molecule has 3 amide bonds. The maximum absolute atomic E-state index is 12.7. The Morgan fingerprint density at radius 2 is 1.74 bits per heavy atom. The van der Waals surface area contributed by atoms with Crippen LogP contribution >= 0.6 is 0 Å². The first kappa shape index (κ1) is 26.3. The van der Waals surface area contributed by atoms with Crippen molar-refractivity contribution in [3.8, 4) is 5.75 Å². The Morgan fingerprint density at radius 3 is 2.41 bits per heavy atom. The molecule has 2 aromatic carbocycles. The molecule has 10 heteroatoms. The molecule has 3 heterocycles. The first-order valence-electron chi connectivity index (χ1n) is 13.2. The molecule has 2 aliphatic heterocycles. The van der Waals surface area contributed by atoms with Crippen molar-refractivity contribution >= 4 is 34.8 Å². The van der Waals surface area contributed by atoms with E-state index in [-0.39, 0.29) is 18.5 Å². The Morgan fingerprint density at radius 1 is 0.949 bits per heavy atom. The number of amides is 3. The molecule has 10 nitrogen and oxygen atoms in total. The molecule has 1 aromatic heterocycles. The molecule has 39 heavy (non-hydrogen) atoms. The van der Waals surface area contributed by atoms with Crippen molar-refractivity contribution in [1.29, 1.82) is 0 Å². The Balaban J connectivity index is 1.17. The number of anilines is 3. The average Bonchev–Trinajstić information content (AvgIpc) is 3.66. The molecule has 0 saturated carbocycles. The van der Waals surface area contributed by atoms with Crippen LogP contribution in [0.4, 0.5) is 17.1 Å². The lowest BCUT2D eigenvalue weighted by atomic mass is 10.1. The van der Waals surface area contributed by atoms with E-state index in [1.807, 2.05) is 30.3 Å². The number of furan rings is 1. The minimum atomic E-state index is -0.762. The number of carbonyl (C=O) groups is 3. The first-order valence-corrected chi connectivity index (χ1v) is 13.2. The van der Waals surface area contributed by atoms with Crippen molar-refractivity contribution < 1.29 is 23.5 Å². The molecule has 1 unspecified atom stereocenters. The van der Waals surface area contributed by atoms with Gasteiger partial charge in [-0.05, 0) is 61.0 Å². The number of methoxy groups -OCH3 is 1. The second kappa shape index (κ2) is 12.0. The summed E-state index contributed by atoms with van der Waals surface area (Å²) in [7, 11) is 1.65. The van der Waals surface area contributed by atoms with Gasteiger partial charge in [0, 0.05) is 62.8 Å². The van der Waals surface area contributed by atoms with Gasteiger partial charge in [0.2, 0.25) is 5.91 Å². The number of benzene rings is 2. The predicted octanol–water partition coefficient (Wildman–Crippen LogP) is 3.03. The lowest BCUT2D eigenvalue weighted by Crippen LogP contribution is -2.50. The molecule has 2 aliphatic rings. The molecule has 3 aromatic rings. The van der Waals surface area contributed by atoms with Crippen LogP contribution in [0.1, 0.15) is 24.6 Å². The van der Waals surface area contributed by atoms with Gasteiger partial charge in [-0.1, -0.05) is 6.07 Å². The van der Waals surface area contributed by atoms with Gasteiger partial charge < -0.3 is 29.6 Å². The maximum Gasteiger partial charge on any atom is 0.313 e. The highest BCUT2D eigenvalue weighted by molar-refractivity contribution is 6.39. The van der Waals surface area contributed by atoms with Gasteiger partial charge in [-0.25, -0.2) is 0 Å². The summed E-state index contributed by atoms with van der Waals surface area (Å²) in [6, 6.07) is 18.5. The minimum Gasteiger partial charge on any atom is -0.497 e. The van der Waals surface area contributed by atoms with E-state index < -0.39 is 11.8 Å². The van der Waals surface area contributed by atoms with Crippen LogP contribution in [-0.2, 0) is 14.4 Å². The third-order valence-electron chi connectivity index (χ3n) is 7.22. The van der Waals surface area contributed by atoms with E-state index in [2.05, 4.69) is 32.6 Å². The van der Waals surface area contributed by atoms with Gasteiger partial charge in [-0.3, -0.25) is 19.3 Å². The molecule has 5 rings (SSSR count). The molecule has 204 valence electrons. The van der Waals surface area contributed by atoms with Gasteiger partial charge in [0.25, 0.3) is 0 Å². The topological polar surface area (TPSA) is 107 Å². The lowest BCUT2D eigenvalue weighted by Gasteiger charge is -2.39. The van der Waals surface area contributed by atoms with Crippen LogP contribution in [-0.4, -0.2) is 69.0 Å². The van der Waals surface area contributed by atoms with Gasteiger partial charge >= 0.3 is 11.8 Å². The summed E-state index contributed by atoms with van der Waals surface area (Å²) in [5.74, 6) is 0.125. The number of rotatable bonds is 8. The fraction of sp³-hybridized carbons (Fsp3) is 0.345. The summed E-state index contributed by atoms with van der Waals surface area (Å²) in [6.45, 7) is 4.04. The summed E-state index contributed by atoms with van der Waals surface area (Å²) in [5, 5.41) is 5.42. The van der Waals surface area contributed by atoms with Crippen LogP contribution in [0, 0.1) is 0 Å². The number of piperazine rings is 1. The van der Waals surface area contributed by atoms with Crippen LogP contribution in [0.3, 0.4) is 0 Å². The van der Waals surface area contributed by atoms with E-state index in [1.165, 1.54) is 0 Å². The van der Waals surface area contributed by atoms with E-state index in [0.717, 1.165) is 49.8 Å². The van der Waals surface area contributed by atoms with Crippen molar-refractivity contribution in [2.24, 2.45) is 0 Å². The van der Waals surface area contributed by atoms with Crippen molar-refractivity contribution in [3.63, 3.8) is 0 Å². The first-order chi connectivity index (χ1) is 19.0. The zero-order valence-electron chi connectivity index (χ0n) is 22.0. The van der Waals surface area contributed by atoms with E-state index >= 15 is 0 Å². The SMILES string of the molecule is COc1ccc(N2CCN(C(CNC(=O)C(=O)Nc3cccc(N4CCCC4=O)c3)c3ccco3)CC2)cc1. The molecule has 2 N–H and O–H groups in total. The van der Waals surface area contributed by atoms with Crippen LogP contribution in [0.25, 0.3) is 0 Å². The van der Waals surface area contributed by atoms with Gasteiger partial charge in [-0.15, -0.1) is 0 Å². The Bertz CT molecular complexity index is 1290. The maximum atomic E-state index is 12.7. The standard InChI is InChI=1S/C29H33N5O5/c1-38-24-11-9-22(10-12-24)32-14-16-33(17-15-32)25(26-7-4-18-39-26)20-30-28(36)29(37)31-21-5-2-6-23(19-21)34-13-3-8-27(34)35/h2,4-7,9-12,18-19,25H,3,8,13-17,20H2,1H3,(H,30,36)(H,31,37). The smallest absolute Gasteiger partial charge is 0.313 e. The summed E-state index contributed by atoms with van der Waals surface area (Å²) in [4.78, 5) is 43.7. The number of nitrogens with one attached hydrogen (secondary N) is 2. The van der Waals surface area contributed by atoms with E-state index in [4.69, 9.17) is 9.15 Å². The van der Waals surface area contributed by atoms with Gasteiger partial charge in [0.15, 0.2) is 0 Å². The molecule has 2 fully saturated rings. The van der Waals surface area contributed by atoms with Crippen molar-refractivity contribution in [2.75, 3.05) is 61.5 Å².